The Bertz CT molecular complexity index is 426. The Labute approximate surface area is 91.9 Å². The highest BCUT2D eigenvalue weighted by molar-refractivity contribution is 6.68. The highest BCUT2D eigenvalue weighted by Gasteiger charge is 2.11. The number of para-hydroxylation sites is 1. The van der Waals surface area contributed by atoms with Gasteiger partial charge in [0.25, 0.3) is 5.91 Å². The molecule has 1 amide bonds. The lowest BCUT2D eigenvalue weighted by atomic mass is 10.2. The summed E-state index contributed by atoms with van der Waals surface area (Å²) in [6.07, 6.45) is 0. The average Bonchev–Trinajstić information content (AvgIpc) is 2.31. The van der Waals surface area contributed by atoms with Crippen LogP contribution in [0.5, 0.6) is 0 Å². The van der Waals surface area contributed by atoms with Crippen molar-refractivity contribution >= 4 is 23.0 Å². The predicted molar refractivity (Wildman–Crippen MR) is 62.3 cm³/mol. The quantitative estimate of drug-likeness (QED) is 0.616. The van der Waals surface area contributed by atoms with Gasteiger partial charge in [-0.05, 0) is 19.1 Å². The van der Waals surface area contributed by atoms with Crippen LogP contribution >= 0.6 is 0 Å². The molecule has 0 radical (unpaired) electrons. The molecule has 6 heteroatoms. The molecule has 0 saturated heterocycles. The van der Waals surface area contributed by atoms with E-state index >= 15 is 0 Å². The fourth-order valence-corrected chi connectivity index (χ4v) is 1.03. The predicted octanol–water partition coefficient (Wildman–Crippen LogP) is 1.52. The van der Waals surface area contributed by atoms with Gasteiger partial charge in [0.15, 0.2) is 0 Å². The van der Waals surface area contributed by atoms with Gasteiger partial charge < -0.3 is 26.0 Å². The Hall–Kier alpha value is -2.37. The molecule has 1 N–H and O–H groups in total. The fraction of sp³-hybridized carbons (Fsp3) is 0.100. The number of rotatable bonds is 3. The third-order valence-corrected chi connectivity index (χ3v) is 1.82. The van der Waals surface area contributed by atoms with E-state index in [2.05, 4.69) is 15.6 Å². The first-order valence-electron chi connectivity index (χ1n) is 4.43. The van der Waals surface area contributed by atoms with Gasteiger partial charge in [0.05, 0.1) is 5.71 Å². The van der Waals surface area contributed by atoms with Gasteiger partial charge >= 0.3 is 0 Å². The highest BCUT2D eigenvalue weighted by Crippen LogP contribution is 2.05. The van der Waals surface area contributed by atoms with E-state index in [-0.39, 0.29) is 5.71 Å². The second kappa shape index (κ2) is 5.50. The maximum absolute atomic E-state index is 11.5. The average molecular weight is 219 g/mol. The van der Waals surface area contributed by atoms with E-state index in [0.717, 1.165) is 0 Å². The topological polar surface area (TPSA) is 99.9 Å². The molecule has 0 aliphatic carbocycles. The highest BCUT2D eigenvalue weighted by atomic mass is 16.4. The van der Waals surface area contributed by atoms with Gasteiger partial charge in [0, 0.05) is 5.69 Å². The summed E-state index contributed by atoms with van der Waals surface area (Å²) in [6, 6.07) is 8.51. The number of hydrogen-bond acceptors (Lipinski definition) is 5. The normalized spacial score (nSPS) is 12.3. The number of nitrogens with zero attached hydrogens (tertiary/aromatic N) is 2. The summed E-state index contributed by atoms with van der Waals surface area (Å²) in [5.41, 5.74) is -0.255. The Morgan fingerprint density at radius 3 is 2.31 bits per heavy atom. The summed E-state index contributed by atoms with van der Waals surface area (Å²) in [4.78, 5) is 11.5. The maximum atomic E-state index is 11.5. The number of nitrogens with one attached hydrogen (secondary N) is 1. The van der Waals surface area contributed by atoms with Crippen molar-refractivity contribution < 1.29 is 4.79 Å². The number of carbonyl (C=O) groups excluding carboxylic acids is 1. The molecule has 0 spiro atoms. The van der Waals surface area contributed by atoms with Crippen molar-refractivity contribution in [3.05, 3.63) is 40.7 Å². The summed E-state index contributed by atoms with van der Waals surface area (Å²) >= 11 is 0. The Kier molecular flexibility index (Phi) is 4.02. The first-order chi connectivity index (χ1) is 7.69. The molecule has 0 unspecified atom stereocenters. The van der Waals surface area contributed by atoms with Crippen LogP contribution in [0.15, 0.2) is 40.6 Å². The van der Waals surface area contributed by atoms with Gasteiger partial charge in [0.2, 0.25) is 0 Å². The standard InChI is InChI=1S/C10H11N3O3/c1-7(12-15)9(13-16)10(14)11-8-5-3-2-4-6-8/h2-6,15-16H,1H3,(H,11,14)/p-2/b12-7-,13-9+. The van der Waals surface area contributed by atoms with Gasteiger partial charge in [-0.2, -0.15) is 0 Å². The molecule has 6 nitrogen and oxygen atoms in total. The molecule has 0 saturated carbocycles. The van der Waals surface area contributed by atoms with Crippen LogP contribution in [0.25, 0.3) is 0 Å². The van der Waals surface area contributed by atoms with Crippen molar-refractivity contribution in [3.63, 3.8) is 0 Å². The lowest BCUT2D eigenvalue weighted by Crippen LogP contribution is -2.28. The SMILES string of the molecule is CC(=N/[O-])/C(=N\[O-])C(=O)Nc1ccccc1. The first kappa shape index (κ1) is 11.7. The zero-order valence-corrected chi connectivity index (χ0v) is 8.51. The van der Waals surface area contributed by atoms with Crippen LogP contribution in [0.4, 0.5) is 5.69 Å². The van der Waals surface area contributed by atoms with E-state index in [1.807, 2.05) is 0 Å². The number of carbonyl (C=O) groups is 1. The summed E-state index contributed by atoms with van der Waals surface area (Å²) in [6.45, 7) is 1.24. The molecule has 1 aromatic rings. The molecule has 0 heterocycles. The zero-order chi connectivity index (χ0) is 12.0. The summed E-state index contributed by atoms with van der Waals surface area (Å²) in [5.74, 6) is -0.752. The second-order valence-corrected chi connectivity index (χ2v) is 2.94. The third kappa shape index (κ3) is 2.81. The van der Waals surface area contributed by atoms with E-state index in [1.54, 1.807) is 30.3 Å². The zero-order valence-electron chi connectivity index (χ0n) is 8.51. The minimum Gasteiger partial charge on any atom is -0.792 e. The lowest BCUT2D eigenvalue weighted by molar-refractivity contribution is -0.110. The monoisotopic (exact) mass is 219 g/mol. The lowest BCUT2D eigenvalue weighted by Gasteiger charge is -2.10. The van der Waals surface area contributed by atoms with Crippen molar-refractivity contribution in [3.8, 4) is 0 Å². The molecule has 84 valence electrons. The van der Waals surface area contributed by atoms with E-state index in [1.165, 1.54) is 6.92 Å². The van der Waals surface area contributed by atoms with Crippen molar-refractivity contribution in [2.45, 2.75) is 6.92 Å². The molecule has 0 bridgehead atoms. The molecule has 0 aliphatic rings. The summed E-state index contributed by atoms with van der Waals surface area (Å²) in [5, 5.41) is 27.9. The van der Waals surface area contributed by atoms with Crippen LogP contribution in [0, 0.1) is 10.4 Å². The van der Waals surface area contributed by atoms with Gasteiger partial charge in [-0.1, -0.05) is 18.2 Å². The van der Waals surface area contributed by atoms with Crippen LogP contribution < -0.4 is 5.32 Å². The molecule has 0 fully saturated rings. The molecule has 1 rings (SSSR count). The van der Waals surface area contributed by atoms with Gasteiger partial charge in [-0.3, -0.25) is 4.79 Å². The maximum Gasteiger partial charge on any atom is 0.275 e. The second-order valence-electron chi connectivity index (χ2n) is 2.94. The summed E-state index contributed by atoms with van der Waals surface area (Å²) < 4.78 is 0. The van der Waals surface area contributed by atoms with E-state index < -0.39 is 11.6 Å². The smallest absolute Gasteiger partial charge is 0.275 e. The number of benzene rings is 1. The fourth-order valence-electron chi connectivity index (χ4n) is 1.03. The van der Waals surface area contributed by atoms with Crippen molar-refractivity contribution in [1.82, 2.24) is 0 Å². The number of anilines is 1. The molecule has 0 atom stereocenters. The van der Waals surface area contributed by atoms with Crippen LogP contribution in [-0.4, -0.2) is 17.3 Å². The van der Waals surface area contributed by atoms with Crippen LogP contribution in [0.1, 0.15) is 6.92 Å². The Morgan fingerprint density at radius 1 is 1.19 bits per heavy atom. The van der Waals surface area contributed by atoms with Crippen LogP contribution in [0.3, 0.4) is 0 Å². The van der Waals surface area contributed by atoms with Crippen molar-refractivity contribution in [2.75, 3.05) is 5.32 Å². The summed E-state index contributed by atoms with van der Waals surface area (Å²) in [7, 11) is 0. The van der Waals surface area contributed by atoms with E-state index in [4.69, 9.17) is 0 Å². The first-order valence-corrected chi connectivity index (χ1v) is 4.43. The molecular formula is C10H9N3O3-2. The van der Waals surface area contributed by atoms with Crippen molar-refractivity contribution in [1.29, 1.82) is 0 Å². The van der Waals surface area contributed by atoms with E-state index in [9.17, 15) is 15.2 Å². The van der Waals surface area contributed by atoms with Crippen LogP contribution in [0.2, 0.25) is 0 Å². The largest absolute Gasteiger partial charge is 0.792 e. The Morgan fingerprint density at radius 2 is 1.81 bits per heavy atom. The van der Waals surface area contributed by atoms with Gasteiger partial charge in [0.1, 0.15) is 5.71 Å². The molecular weight excluding hydrogens is 210 g/mol. The minimum absolute atomic E-state index is 0.247. The molecule has 0 aliphatic heterocycles. The van der Waals surface area contributed by atoms with Gasteiger partial charge in [-0.25, -0.2) is 0 Å². The van der Waals surface area contributed by atoms with E-state index in [0.29, 0.717) is 5.69 Å². The third-order valence-electron chi connectivity index (χ3n) is 1.82. The number of hydrogen-bond donors (Lipinski definition) is 1. The number of amides is 1. The molecule has 16 heavy (non-hydrogen) atoms. The van der Waals surface area contributed by atoms with Gasteiger partial charge in [-0.15, -0.1) is 0 Å². The molecule has 0 aromatic heterocycles. The Balaban J connectivity index is 2.80. The van der Waals surface area contributed by atoms with Crippen molar-refractivity contribution in [2.24, 2.45) is 10.3 Å². The van der Waals surface area contributed by atoms with Crippen LogP contribution in [-0.2, 0) is 4.79 Å². The minimum atomic E-state index is -0.752. The molecule has 1 aromatic carbocycles.